The lowest BCUT2D eigenvalue weighted by molar-refractivity contribution is 0.138. The molecule has 1 heterocycles. The van der Waals surface area contributed by atoms with Crippen molar-refractivity contribution in [1.82, 2.24) is 10.2 Å². The molecule has 1 fully saturated rings. The van der Waals surface area contributed by atoms with E-state index in [1.54, 1.807) is 0 Å². The van der Waals surface area contributed by atoms with Crippen LogP contribution in [-0.2, 0) is 6.54 Å². The van der Waals surface area contributed by atoms with Gasteiger partial charge in [0, 0.05) is 38.8 Å². The molecule has 3 nitrogen and oxygen atoms in total. The Morgan fingerprint density at radius 3 is 2.75 bits per heavy atom. The summed E-state index contributed by atoms with van der Waals surface area (Å²) in [6.07, 6.45) is 3.93. The molecule has 2 unspecified atom stereocenters. The fourth-order valence-electron chi connectivity index (χ4n) is 3.29. The van der Waals surface area contributed by atoms with Gasteiger partial charge in [0.25, 0.3) is 0 Å². The molecule has 1 aromatic carbocycles. The third-order valence-corrected chi connectivity index (χ3v) is 4.19. The van der Waals surface area contributed by atoms with Crippen LogP contribution in [0.4, 0.5) is 0 Å². The number of nitrogens with one attached hydrogen (secondary N) is 1. The standard InChI is InChI=1S/C17H29N3/c1-2-6-16-11-17(14-20(13-16)10-9-18)19-12-15-7-4-3-5-8-15/h3-5,7-8,16-17,19H,2,6,9-14,18H2,1H3. The number of rotatable bonds is 7. The van der Waals surface area contributed by atoms with Gasteiger partial charge in [-0.25, -0.2) is 0 Å². The molecule has 0 saturated carbocycles. The van der Waals surface area contributed by atoms with Crippen molar-refractivity contribution in [2.24, 2.45) is 11.7 Å². The zero-order valence-electron chi connectivity index (χ0n) is 12.7. The molecule has 3 heteroatoms. The second-order valence-corrected chi connectivity index (χ2v) is 6.00. The molecule has 2 rings (SSSR count). The van der Waals surface area contributed by atoms with E-state index in [1.807, 2.05) is 0 Å². The van der Waals surface area contributed by atoms with Crippen LogP contribution in [0.5, 0.6) is 0 Å². The monoisotopic (exact) mass is 275 g/mol. The summed E-state index contributed by atoms with van der Waals surface area (Å²) < 4.78 is 0. The van der Waals surface area contributed by atoms with Gasteiger partial charge in [-0.2, -0.15) is 0 Å². The molecule has 0 spiro atoms. The molecule has 20 heavy (non-hydrogen) atoms. The van der Waals surface area contributed by atoms with Gasteiger partial charge in [0.2, 0.25) is 0 Å². The summed E-state index contributed by atoms with van der Waals surface area (Å²) in [6, 6.07) is 11.3. The molecule has 1 aromatic rings. The first-order valence-corrected chi connectivity index (χ1v) is 8.01. The van der Waals surface area contributed by atoms with E-state index < -0.39 is 0 Å². The molecular weight excluding hydrogens is 246 g/mol. The predicted octanol–water partition coefficient (Wildman–Crippen LogP) is 2.23. The molecule has 0 amide bonds. The van der Waals surface area contributed by atoms with E-state index in [1.165, 1.54) is 31.4 Å². The molecule has 1 saturated heterocycles. The molecule has 3 N–H and O–H groups in total. The smallest absolute Gasteiger partial charge is 0.0208 e. The fraction of sp³-hybridized carbons (Fsp3) is 0.647. The van der Waals surface area contributed by atoms with Crippen molar-refractivity contribution in [2.45, 2.75) is 38.8 Å². The van der Waals surface area contributed by atoms with E-state index in [9.17, 15) is 0 Å². The Morgan fingerprint density at radius 1 is 1.25 bits per heavy atom. The van der Waals surface area contributed by atoms with Crippen molar-refractivity contribution in [3.05, 3.63) is 35.9 Å². The maximum atomic E-state index is 5.73. The van der Waals surface area contributed by atoms with E-state index in [0.717, 1.165) is 32.1 Å². The summed E-state index contributed by atoms with van der Waals surface area (Å²) in [7, 11) is 0. The number of nitrogens with two attached hydrogens (primary N) is 1. The lowest BCUT2D eigenvalue weighted by Crippen LogP contribution is -2.50. The number of hydrogen-bond donors (Lipinski definition) is 2. The van der Waals surface area contributed by atoms with Crippen molar-refractivity contribution in [2.75, 3.05) is 26.2 Å². The van der Waals surface area contributed by atoms with Crippen LogP contribution < -0.4 is 11.1 Å². The van der Waals surface area contributed by atoms with Gasteiger partial charge in [-0.05, 0) is 24.3 Å². The quantitative estimate of drug-likeness (QED) is 0.802. The summed E-state index contributed by atoms with van der Waals surface area (Å²) in [5, 5.41) is 3.73. The SMILES string of the molecule is CCCC1CC(NCc2ccccc2)CN(CCN)C1. The zero-order valence-corrected chi connectivity index (χ0v) is 12.7. The van der Waals surface area contributed by atoms with Crippen molar-refractivity contribution >= 4 is 0 Å². The Balaban J connectivity index is 1.85. The van der Waals surface area contributed by atoms with Crippen LogP contribution in [0, 0.1) is 5.92 Å². The van der Waals surface area contributed by atoms with Crippen LogP contribution in [0.1, 0.15) is 31.7 Å². The topological polar surface area (TPSA) is 41.3 Å². The summed E-state index contributed by atoms with van der Waals surface area (Å²) in [5.74, 6) is 0.827. The Morgan fingerprint density at radius 2 is 2.05 bits per heavy atom. The van der Waals surface area contributed by atoms with Crippen molar-refractivity contribution in [3.8, 4) is 0 Å². The van der Waals surface area contributed by atoms with Crippen LogP contribution >= 0.6 is 0 Å². The van der Waals surface area contributed by atoms with Gasteiger partial charge in [-0.1, -0.05) is 43.7 Å². The third-order valence-electron chi connectivity index (χ3n) is 4.19. The summed E-state index contributed by atoms with van der Waals surface area (Å²) in [4.78, 5) is 2.53. The maximum Gasteiger partial charge on any atom is 0.0208 e. The Labute approximate surface area is 123 Å². The van der Waals surface area contributed by atoms with E-state index >= 15 is 0 Å². The second kappa shape index (κ2) is 8.40. The third kappa shape index (κ3) is 4.89. The Kier molecular flexibility index (Phi) is 6.51. The molecule has 0 bridgehead atoms. The first kappa shape index (κ1) is 15.5. The minimum Gasteiger partial charge on any atom is -0.329 e. The molecule has 0 radical (unpaired) electrons. The zero-order chi connectivity index (χ0) is 14.2. The van der Waals surface area contributed by atoms with Gasteiger partial charge in [-0.3, -0.25) is 0 Å². The van der Waals surface area contributed by atoms with E-state index in [2.05, 4.69) is 47.5 Å². The number of likely N-dealkylation sites (tertiary alicyclic amines) is 1. The molecular formula is C17H29N3. The predicted molar refractivity (Wildman–Crippen MR) is 85.6 cm³/mol. The molecule has 2 atom stereocenters. The minimum absolute atomic E-state index is 0.604. The fourth-order valence-corrected chi connectivity index (χ4v) is 3.29. The van der Waals surface area contributed by atoms with E-state index in [4.69, 9.17) is 5.73 Å². The highest BCUT2D eigenvalue weighted by molar-refractivity contribution is 5.14. The number of piperidine rings is 1. The highest BCUT2D eigenvalue weighted by atomic mass is 15.2. The average molecular weight is 275 g/mol. The Hall–Kier alpha value is -0.900. The van der Waals surface area contributed by atoms with Gasteiger partial charge in [0.1, 0.15) is 0 Å². The highest BCUT2D eigenvalue weighted by Gasteiger charge is 2.25. The van der Waals surface area contributed by atoms with E-state index in [-0.39, 0.29) is 0 Å². The van der Waals surface area contributed by atoms with Gasteiger partial charge in [-0.15, -0.1) is 0 Å². The molecule has 0 aromatic heterocycles. The number of benzene rings is 1. The van der Waals surface area contributed by atoms with Crippen LogP contribution in [0.2, 0.25) is 0 Å². The maximum absolute atomic E-state index is 5.73. The van der Waals surface area contributed by atoms with Gasteiger partial charge < -0.3 is 16.0 Å². The minimum atomic E-state index is 0.604. The normalized spacial score (nSPS) is 23.9. The van der Waals surface area contributed by atoms with Crippen LogP contribution in [0.3, 0.4) is 0 Å². The van der Waals surface area contributed by atoms with E-state index in [0.29, 0.717) is 6.04 Å². The summed E-state index contributed by atoms with van der Waals surface area (Å²) >= 11 is 0. The molecule has 1 aliphatic heterocycles. The second-order valence-electron chi connectivity index (χ2n) is 6.00. The first-order chi connectivity index (χ1) is 9.81. The van der Waals surface area contributed by atoms with Crippen molar-refractivity contribution < 1.29 is 0 Å². The molecule has 1 aliphatic rings. The van der Waals surface area contributed by atoms with Crippen molar-refractivity contribution in [1.29, 1.82) is 0 Å². The highest BCUT2D eigenvalue weighted by Crippen LogP contribution is 2.21. The lowest BCUT2D eigenvalue weighted by atomic mass is 9.90. The average Bonchev–Trinajstić information content (AvgIpc) is 2.47. The van der Waals surface area contributed by atoms with Crippen LogP contribution in [0.15, 0.2) is 30.3 Å². The number of hydrogen-bond acceptors (Lipinski definition) is 3. The van der Waals surface area contributed by atoms with Crippen LogP contribution in [-0.4, -0.2) is 37.1 Å². The van der Waals surface area contributed by atoms with Gasteiger partial charge in [0.05, 0.1) is 0 Å². The van der Waals surface area contributed by atoms with Gasteiger partial charge in [0.15, 0.2) is 0 Å². The first-order valence-electron chi connectivity index (χ1n) is 8.01. The van der Waals surface area contributed by atoms with Gasteiger partial charge >= 0.3 is 0 Å². The summed E-state index contributed by atoms with van der Waals surface area (Å²) in [6.45, 7) is 7.43. The van der Waals surface area contributed by atoms with Crippen molar-refractivity contribution in [3.63, 3.8) is 0 Å². The summed E-state index contributed by atoms with van der Waals surface area (Å²) in [5.41, 5.74) is 7.10. The largest absolute Gasteiger partial charge is 0.329 e. The lowest BCUT2D eigenvalue weighted by Gasteiger charge is -2.38. The Bertz CT molecular complexity index is 352. The molecule has 112 valence electrons. The van der Waals surface area contributed by atoms with Crippen LogP contribution in [0.25, 0.3) is 0 Å². The molecule has 0 aliphatic carbocycles. The number of nitrogens with zero attached hydrogens (tertiary/aromatic N) is 1.